The molecule has 0 bridgehead atoms. The van der Waals surface area contributed by atoms with Crippen LogP contribution < -0.4 is 10.5 Å². The lowest BCUT2D eigenvalue weighted by molar-refractivity contribution is 0.0697. The molecule has 0 fully saturated rings. The van der Waals surface area contributed by atoms with E-state index < -0.39 is 23.3 Å². The molecule has 9 heteroatoms. The molecule has 36 heavy (non-hydrogen) atoms. The number of oxazole rings is 1. The largest absolute Gasteiger partial charge is 0.501 e. The molecule has 2 N–H and O–H groups in total. The molecule has 0 aliphatic rings. The van der Waals surface area contributed by atoms with Gasteiger partial charge in [-0.25, -0.2) is 14.8 Å². The third kappa shape index (κ3) is 3.96. The number of fused-ring (bicyclic) bond motifs is 1. The van der Waals surface area contributed by atoms with Gasteiger partial charge >= 0.3 is 5.97 Å². The predicted octanol–water partition coefficient (Wildman–Crippen LogP) is 4.22. The van der Waals surface area contributed by atoms with Crippen LogP contribution in [0.5, 0.6) is 5.75 Å². The second-order valence-corrected chi connectivity index (χ2v) is 8.31. The van der Waals surface area contributed by atoms with E-state index in [4.69, 9.17) is 4.42 Å². The van der Waals surface area contributed by atoms with Gasteiger partial charge in [-0.05, 0) is 35.4 Å². The summed E-state index contributed by atoms with van der Waals surface area (Å²) < 4.78 is 7.03. The van der Waals surface area contributed by atoms with Crippen LogP contribution in [-0.4, -0.2) is 37.8 Å². The number of aromatic hydroxyl groups is 1. The van der Waals surface area contributed by atoms with E-state index in [1.807, 2.05) is 36.4 Å². The number of carboxylic acid groups (broad SMARTS) is 1. The van der Waals surface area contributed by atoms with E-state index in [1.54, 1.807) is 42.3 Å². The third-order valence-electron chi connectivity index (χ3n) is 6.03. The lowest BCUT2D eigenvalue weighted by atomic mass is 9.96. The van der Waals surface area contributed by atoms with Crippen LogP contribution in [-0.2, 0) is 7.05 Å². The van der Waals surface area contributed by atoms with Gasteiger partial charge in [0.2, 0.25) is 11.7 Å². The minimum Gasteiger partial charge on any atom is -0.501 e. The number of rotatable bonds is 6. The third-order valence-corrected chi connectivity index (χ3v) is 6.03. The molecule has 0 spiro atoms. The molecule has 0 saturated heterocycles. The van der Waals surface area contributed by atoms with E-state index in [0.29, 0.717) is 11.1 Å². The number of aromatic carboxylic acids is 1. The highest BCUT2D eigenvalue weighted by Gasteiger charge is 2.27. The molecule has 3 aromatic carbocycles. The number of para-hydroxylation sites is 2. The van der Waals surface area contributed by atoms with Crippen LogP contribution in [0.4, 0.5) is 5.95 Å². The summed E-state index contributed by atoms with van der Waals surface area (Å²) >= 11 is 0. The quantitative estimate of drug-likeness (QED) is 0.369. The van der Waals surface area contributed by atoms with Gasteiger partial charge in [0.1, 0.15) is 5.52 Å². The normalized spacial score (nSPS) is 11.9. The molecule has 0 aliphatic heterocycles. The van der Waals surface area contributed by atoms with Gasteiger partial charge in [-0.15, -0.1) is 0 Å². The van der Waals surface area contributed by atoms with Crippen molar-refractivity contribution in [3.8, 4) is 17.3 Å². The smallest absolute Gasteiger partial charge is 0.335 e. The zero-order chi connectivity index (χ0) is 25.4. The number of carbonyl (C=O) groups is 1. The number of benzene rings is 3. The summed E-state index contributed by atoms with van der Waals surface area (Å²) in [5.74, 6) is -1.30. The molecule has 0 radical (unpaired) electrons. The first kappa shape index (κ1) is 22.9. The van der Waals surface area contributed by atoms with Crippen LogP contribution in [0.15, 0.2) is 88.1 Å². The number of hydrogen-bond acceptors (Lipinski definition) is 7. The summed E-state index contributed by atoms with van der Waals surface area (Å²) in [6.07, 6.45) is 0. The molecule has 2 heterocycles. The highest BCUT2D eigenvalue weighted by Crippen LogP contribution is 2.33. The Bertz CT molecular complexity index is 1590. The minimum atomic E-state index is -1.02. The van der Waals surface area contributed by atoms with E-state index in [-0.39, 0.29) is 23.1 Å². The zero-order valence-corrected chi connectivity index (χ0v) is 19.5. The van der Waals surface area contributed by atoms with E-state index in [9.17, 15) is 19.8 Å². The number of carboxylic acids is 1. The van der Waals surface area contributed by atoms with Crippen molar-refractivity contribution in [3.05, 3.63) is 106 Å². The lowest BCUT2D eigenvalue weighted by Gasteiger charge is -2.31. The number of nitrogens with zero attached hydrogens (tertiary/aromatic N) is 4. The maximum absolute atomic E-state index is 13.0. The maximum atomic E-state index is 13.0. The fraction of sp³-hybridized carbons (Fsp3) is 0.111. The van der Waals surface area contributed by atoms with E-state index in [0.717, 1.165) is 11.1 Å². The molecular formula is C27H22N4O5. The van der Waals surface area contributed by atoms with Gasteiger partial charge in [0.05, 0.1) is 11.6 Å². The number of anilines is 1. The Morgan fingerprint density at radius 1 is 0.944 bits per heavy atom. The van der Waals surface area contributed by atoms with Crippen molar-refractivity contribution in [2.75, 3.05) is 11.9 Å². The van der Waals surface area contributed by atoms with E-state index in [2.05, 4.69) is 9.97 Å². The zero-order valence-electron chi connectivity index (χ0n) is 19.5. The van der Waals surface area contributed by atoms with Gasteiger partial charge in [0.25, 0.3) is 11.4 Å². The number of aromatic nitrogens is 3. The Labute approximate surface area is 205 Å². The number of hydrogen-bond donors (Lipinski definition) is 2. The van der Waals surface area contributed by atoms with Crippen molar-refractivity contribution >= 4 is 23.0 Å². The first-order valence-electron chi connectivity index (χ1n) is 11.1. The predicted molar refractivity (Wildman–Crippen MR) is 134 cm³/mol. The summed E-state index contributed by atoms with van der Waals surface area (Å²) in [4.78, 5) is 35.2. The van der Waals surface area contributed by atoms with Crippen LogP contribution in [0.2, 0.25) is 0 Å². The summed E-state index contributed by atoms with van der Waals surface area (Å²) in [7, 11) is 3.30. The summed E-state index contributed by atoms with van der Waals surface area (Å²) in [5, 5.41) is 20.0. The van der Waals surface area contributed by atoms with Crippen LogP contribution in [0.25, 0.3) is 22.7 Å². The first-order valence-corrected chi connectivity index (χ1v) is 11.1. The SMILES string of the molecule is CN(c1nc(-c2nc3ccccc3o2)c(O)c(=O)n1C)C(c1ccccc1)c1ccc(C(=O)O)cc1. The standard InChI is InChI=1S/C27H22N4O5/c1-30(22(16-8-4-3-5-9-16)17-12-14-18(15-13-17)26(34)35)27-29-21(23(32)25(33)31(27)2)24-28-19-10-6-7-11-20(19)36-24/h3-15,22,32H,1-2H3,(H,34,35). The lowest BCUT2D eigenvalue weighted by Crippen LogP contribution is -2.32. The molecule has 0 amide bonds. The summed E-state index contributed by atoms with van der Waals surface area (Å²) in [6, 6.07) is 22.8. The molecule has 9 nitrogen and oxygen atoms in total. The fourth-order valence-corrected chi connectivity index (χ4v) is 4.22. The Balaban J connectivity index is 1.66. The highest BCUT2D eigenvalue weighted by molar-refractivity contribution is 5.87. The van der Waals surface area contributed by atoms with Crippen LogP contribution in [0.3, 0.4) is 0 Å². The fourth-order valence-electron chi connectivity index (χ4n) is 4.22. The molecule has 0 saturated carbocycles. The van der Waals surface area contributed by atoms with Crippen molar-refractivity contribution in [1.29, 1.82) is 0 Å². The van der Waals surface area contributed by atoms with Gasteiger partial charge in [0, 0.05) is 14.1 Å². The molecule has 1 atom stereocenters. The Hall–Kier alpha value is -4.92. The molecular weight excluding hydrogens is 460 g/mol. The van der Waals surface area contributed by atoms with Gasteiger partial charge in [0.15, 0.2) is 11.3 Å². The molecule has 2 aromatic heterocycles. The van der Waals surface area contributed by atoms with Crippen LogP contribution in [0, 0.1) is 0 Å². The Morgan fingerprint density at radius 2 is 1.58 bits per heavy atom. The van der Waals surface area contributed by atoms with Gasteiger partial charge in [-0.2, -0.15) is 0 Å². The average Bonchev–Trinajstić information content (AvgIpc) is 3.32. The molecule has 180 valence electrons. The summed E-state index contributed by atoms with van der Waals surface area (Å²) in [6.45, 7) is 0. The van der Waals surface area contributed by atoms with Crippen molar-refractivity contribution < 1.29 is 19.4 Å². The second-order valence-electron chi connectivity index (χ2n) is 8.31. The molecule has 1 unspecified atom stereocenters. The first-order chi connectivity index (χ1) is 17.3. The van der Waals surface area contributed by atoms with Gasteiger partial charge in [-0.1, -0.05) is 54.6 Å². The van der Waals surface area contributed by atoms with Crippen molar-refractivity contribution in [3.63, 3.8) is 0 Å². The Morgan fingerprint density at radius 3 is 2.25 bits per heavy atom. The Kier molecular flexibility index (Phi) is 5.73. The summed E-state index contributed by atoms with van der Waals surface area (Å²) in [5.41, 5.74) is 2.21. The molecule has 5 aromatic rings. The van der Waals surface area contributed by atoms with E-state index >= 15 is 0 Å². The highest BCUT2D eigenvalue weighted by atomic mass is 16.4. The monoisotopic (exact) mass is 482 g/mol. The van der Waals surface area contributed by atoms with Crippen molar-refractivity contribution in [2.24, 2.45) is 7.05 Å². The van der Waals surface area contributed by atoms with Crippen LogP contribution in [0.1, 0.15) is 27.5 Å². The van der Waals surface area contributed by atoms with Gasteiger partial charge in [-0.3, -0.25) is 9.36 Å². The van der Waals surface area contributed by atoms with Crippen molar-refractivity contribution in [2.45, 2.75) is 6.04 Å². The van der Waals surface area contributed by atoms with Gasteiger partial charge < -0.3 is 19.5 Å². The average molecular weight is 482 g/mol. The molecule has 5 rings (SSSR count). The van der Waals surface area contributed by atoms with Crippen molar-refractivity contribution in [1.82, 2.24) is 14.5 Å². The second kappa shape index (κ2) is 9.03. The minimum absolute atomic E-state index is 0.0307. The molecule has 0 aliphatic carbocycles. The van der Waals surface area contributed by atoms with Crippen LogP contribution >= 0.6 is 0 Å². The maximum Gasteiger partial charge on any atom is 0.335 e. The topological polar surface area (TPSA) is 122 Å². The van der Waals surface area contributed by atoms with E-state index in [1.165, 1.54) is 23.7 Å².